The van der Waals surface area contributed by atoms with Crippen molar-refractivity contribution < 1.29 is 4.79 Å². The molecule has 2 fully saturated rings. The van der Waals surface area contributed by atoms with Crippen molar-refractivity contribution in [2.24, 2.45) is 0 Å². The molecule has 122 valence electrons. The Hall–Kier alpha value is -0.620. The number of carbonyl (C=O) groups is 1. The van der Waals surface area contributed by atoms with Gasteiger partial charge in [-0.2, -0.15) is 0 Å². The summed E-state index contributed by atoms with van der Waals surface area (Å²) >= 11 is 3.48. The Kier molecular flexibility index (Phi) is 6.26. The van der Waals surface area contributed by atoms with Crippen LogP contribution in [-0.4, -0.2) is 61.0 Å². The molecule has 1 unspecified atom stereocenters. The molecule has 0 saturated carbocycles. The monoisotopic (exact) mass is 387 g/mol. The zero-order valence-corrected chi connectivity index (χ0v) is 15.3. The standard InChI is InChI=1S/C16H22BrN3O.ClH/c1-12-10-13(2-3-15(12)17)16(21)20-8-6-19(7-9-20)14-4-5-18-11-14;/h2-3,10,14,18H,4-9,11H2,1H3;1H. The van der Waals surface area contributed by atoms with Gasteiger partial charge in [-0.05, 0) is 43.7 Å². The molecule has 0 aromatic heterocycles. The van der Waals surface area contributed by atoms with E-state index in [1.54, 1.807) is 0 Å². The molecular weight excluding hydrogens is 366 g/mol. The van der Waals surface area contributed by atoms with Crippen LogP contribution in [0.4, 0.5) is 0 Å². The van der Waals surface area contributed by atoms with Crippen molar-refractivity contribution in [3.8, 4) is 0 Å². The van der Waals surface area contributed by atoms with E-state index in [0.29, 0.717) is 6.04 Å². The Bertz CT molecular complexity index is 526. The fraction of sp³-hybridized carbons (Fsp3) is 0.562. The maximum absolute atomic E-state index is 12.6. The molecule has 1 aromatic carbocycles. The van der Waals surface area contributed by atoms with Gasteiger partial charge in [0.15, 0.2) is 0 Å². The van der Waals surface area contributed by atoms with Crippen LogP contribution in [0.25, 0.3) is 0 Å². The number of benzene rings is 1. The van der Waals surface area contributed by atoms with Crippen LogP contribution in [0.2, 0.25) is 0 Å². The number of nitrogens with zero attached hydrogens (tertiary/aromatic N) is 2. The lowest BCUT2D eigenvalue weighted by atomic mass is 10.1. The van der Waals surface area contributed by atoms with Gasteiger partial charge in [-0.15, -0.1) is 12.4 Å². The molecule has 0 radical (unpaired) electrons. The van der Waals surface area contributed by atoms with Crippen LogP contribution in [0.15, 0.2) is 22.7 Å². The molecule has 22 heavy (non-hydrogen) atoms. The van der Waals surface area contributed by atoms with E-state index in [1.807, 2.05) is 30.0 Å². The topological polar surface area (TPSA) is 35.6 Å². The van der Waals surface area contributed by atoms with Crippen molar-refractivity contribution in [3.05, 3.63) is 33.8 Å². The third-order valence-corrected chi connectivity index (χ3v) is 5.45. The third kappa shape index (κ3) is 3.82. The molecule has 3 rings (SSSR count). The average molecular weight is 389 g/mol. The van der Waals surface area contributed by atoms with Crippen LogP contribution < -0.4 is 5.32 Å². The van der Waals surface area contributed by atoms with E-state index in [1.165, 1.54) is 6.42 Å². The zero-order valence-electron chi connectivity index (χ0n) is 12.8. The highest BCUT2D eigenvalue weighted by Crippen LogP contribution is 2.19. The fourth-order valence-corrected chi connectivity index (χ4v) is 3.45. The first kappa shape index (κ1) is 17.7. The summed E-state index contributed by atoms with van der Waals surface area (Å²) in [4.78, 5) is 17.1. The zero-order chi connectivity index (χ0) is 14.8. The Balaban J connectivity index is 0.00000176. The molecule has 2 saturated heterocycles. The largest absolute Gasteiger partial charge is 0.336 e. The Morgan fingerprint density at radius 3 is 2.59 bits per heavy atom. The molecule has 1 aromatic rings. The lowest BCUT2D eigenvalue weighted by molar-refractivity contribution is 0.0583. The Morgan fingerprint density at radius 1 is 1.27 bits per heavy atom. The number of carbonyl (C=O) groups excluding carboxylic acids is 1. The van der Waals surface area contributed by atoms with Gasteiger partial charge in [0.25, 0.3) is 5.91 Å². The molecule has 0 aliphatic carbocycles. The predicted molar refractivity (Wildman–Crippen MR) is 94.9 cm³/mol. The molecule has 2 aliphatic rings. The van der Waals surface area contributed by atoms with E-state index in [9.17, 15) is 4.79 Å². The van der Waals surface area contributed by atoms with Crippen LogP contribution >= 0.6 is 28.3 Å². The highest BCUT2D eigenvalue weighted by Gasteiger charge is 2.28. The predicted octanol–water partition coefficient (Wildman–Crippen LogP) is 2.30. The molecular formula is C16H23BrClN3O. The van der Waals surface area contributed by atoms with Crippen molar-refractivity contribution in [1.29, 1.82) is 0 Å². The van der Waals surface area contributed by atoms with Gasteiger partial charge in [-0.1, -0.05) is 15.9 Å². The highest BCUT2D eigenvalue weighted by molar-refractivity contribution is 9.10. The van der Waals surface area contributed by atoms with Crippen molar-refractivity contribution in [1.82, 2.24) is 15.1 Å². The van der Waals surface area contributed by atoms with Gasteiger partial charge in [0, 0.05) is 48.8 Å². The number of hydrogen-bond donors (Lipinski definition) is 1. The first-order valence-electron chi connectivity index (χ1n) is 7.65. The summed E-state index contributed by atoms with van der Waals surface area (Å²) in [7, 11) is 0. The summed E-state index contributed by atoms with van der Waals surface area (Å²) in [5.41, 5.74) is 1.91. The molecule has 1 N–H and O–H groups in total. The van der Waals surface area contributed by atoms with Crippen molar-refractivity contribution in [3.63, 3.8) is 0 Å². The minimum atomic E-state index is 0. The molecule has 1 atom stereocenters. The van der Waals surface area contributed by atoms with Gasteiger partial charge >= 0.3 is 0 Å². The molecule has 1 amide bonds. The van der Waals surface area contributed by atoms with Gasteiger partial charge in [0.1, 0.15) is 0 Å². The fourth-order valence-electron chi connectivity index (χ4n) is 3.20. The highest BCUT2D eigenvalue weighted by atomic mass is 79.9. The third-order valence-electron chi connectivity index (χ3n) is 4.56. The van der Waals surface area contributed by atoms with Gasteiger partial charge in [-0.25, -0.2) is 0 Å². The van der Waals surface area contributed by atoms with Gasteiger partial charge in [0.05, 0.1) is 0 Å². The number of aryl methyl sites for hydroxylation is 1. The Labute approximate surface area is 146 Å². The number of rotatable bonds is 2. The second-order valence-corrected chi connectivity index (χ2v) is 6.79. The SMILES string of the molecule is Cc1cc(C(=O)N2CCN(C3CCNC3)CC2)ccc1Br.Cl. The van der Waals surface area contributed by atoms with E-state index < -0.39 is 0 Å². The Morgan fingerprint density at radius 2 is 2.00 bits per heavy atom. The van der Waals surface area contributed by atoms with Crippen LogP contribution in [0.1, 0.15) is 22.3 Å². The van der Waals surface area contributed by atoms with Gasteiger partial charge in [0.2, 0.25) is 0 Å². The normalized spacial score (nSPS) is 22.5. The number of halogens is 2. The maximum Gasteiger partial charge on any atom is 0.253 e. The summed E-state index contributed by atoms with van der Waals surface area (Å²) in [6, 6.07) is 6.51. The maximum atomic E-state index is 12.6. The van der Waals surface area contributed by atoms with E-state index in [0.717, 1.165) is 54.9 Å². The number of hydrogen-bond acceptors (Lipinski definition) is 3. The molecule has 2 aliphatic heterocycles. The van der Waals surface area contributed by atoms with Crippen molar-refractivity contribution in [2.45, 2.75) is 19.4 Å². The summed E-state index contributed by atoms with van der Waals surface area (Å²) in [5.74, 6) is 0.162. The molecule has 6 heteroatoms. The minimum Gasteiger partial charge on any atom is -0.336 e. The first-order chi connectivity index (χ1) is 10.1. The second kappa shape index (κ2) is 7.77. The lowest BCUT2D eigenvalue weighted by Gasteiger charge is -2.37. The quantitative estimate of drug-likeness (QED) is 0.844. The van der Waals surface area contributed by atoms with Gasteiger partial charge in [-0.3, -0.25) is 9.69 Å². The lowest BCUT2D eigenvalue weighted by Crippen LogP contribution is -2.52. The number of piperazine rings is 1. The summed E-state index contributed by atoms with van der Waals surface area (Å²) in [6.45, 7) is 7.91. The minimum absolute atomic E-state index is 0. The van der Waals surface area contributed by atoms with E-state index in [2.05, 4.69) is 26.1 Å². The first-order valence-corrected chi connectivity index (χ1v) is 8.44. The molecule has 0 bridgehead atoms. The van der Waals surface area contributed by atoms with E-state index in [-0.39, 0.29) is 18.3 Å². The molecule has 0 spiro atoms. The number of nitrogens with one attached hydrogen (secondary N) is 1. The molecule has 2 heterocycles. The van der Waals surface area contributed by atoms with Crippen molar-refractivity contribution >= 4 is 34.2 Å². The van der Waals surface area contributed by atoms with E-state index in [4.69, 9.17) is 0 Å². The van der Waals surface area contributed by atoms with Crippen LogP contribution in [0.3, 0.4) is 0 Å². The summed E-state index contributed by atoms with van der Waals surface area (Å²) in [6.07, 6.45) is 1.24. The van der Waals surface area contributed by atoms with Crippen LogP contribution in [-0.2, 0) is 0 Å². The average Bonchev–Trinajstić information content (AvgIpc) is 3.04. The van der Waals surface area contributed by atoms with Gasteiger partial charge < -0.3 is 10.2 Å². The summed E-state index contributed by atoms with van der Waals surface area (Å²) in [5, 5.41) is 3.41. The molecule has 4 nitrogen and oxygen atoms in total. The second-order valence-electron chi connectivity index (χ2n) is 5.94. The van der Waals surface area contributed by atoms with E-state index >= 15 is 0 Å². The van der Waals surface area contributed by atoms with Crippen molar-refractivity contribution in [2.75, 3.05) is 39.3 Å². The smallest absolute Gasteiger partial charge is 0.253 e. The van der Waals surface area contributed by atoms with Crippen LogP contribution in [0.5, 0.6) is 0 Å². The number of amides is 1. The summed E-state index contributed by atoms with van der Waals surface area (Å²) < 4.78 is 1.05. The van der Waals surface area contributed by atoms with Crippen LogP contribution in [0, 0.1) is 6.92 Å².